The Hall–Kier alpha value is -2.73. The number of ketones is 1. The van der Waals surface area contributed by atoms with E-state index in [-0.39, 0.29) is 35.1 Å². The molecule has 1 fully saturated rings. The molecule has 2 aromatic carbocycles. The van der Waals surface area contributed by atoms with Crippen LogP contribution in [0.1, 0.15) is 42.3 Å². The van der Waals surface area contributed by atoms with Crippen LogP contribution in [-0.2, 0) is 10.2 Å². The topological polar surface area (TPSA) is 82.0 Å². The first-order chi connectivity index (χ1) is 12.3. The zero-order valence-electron chi connectivity index (χ0n) is 15.0. The molecule has 1 heterocycles. The van der Waals surface area contributed by atoms with Crippen LogP contribution >= 0.6 is 0 Å². The highest BCUT2D eigenvalue weighted by atomic mass is 16.6. The maximum atomic E-state index is 13.0. The van der Waals surface area contributed by atoms with Crippen molar-refractivity contribution in [2.24, 2.45) is 0 Å². The third-order valence-corrected chi connectivity index (χ3v) is 4.27. The number of hydrogen-bond donors (Lipinski definition) is 0. The van der Waals surface area contributed by atoms with Crippen molar-refractivity contribution in [3.05, 3.63) is 69.3 Å². The van der Waals surface area contributed by atoms with Gasteiger partial charge in [0, 0.05) is 11.6 Å². The first kappa shape index (κ1) is 18.1. The molecule has 1 unspecified atom stereocenters. The van der Waals surface area contributed by atoms with Gasteiger partial charge in [-0.3, -0.25) is 14.9 Å². The van der Waals surface area contributed by atoms with E-state index in [0.717, 1.165) is 5.56 Å². The molecule has 0 radical (unpaired) electrons. The smallest absolute Gasteiger partial charge is 0.284 e. The number of nitro benzene ring substituents is 1. The van der Waals surface area contributed by atoms with Crippen molar-refractivity contribution in [3.63, 3.8) is 0 Å². The van der Waals surface area contributed by atoms with Crippen LogP contribution in [0.2, 0.25) is 0 Å². The van der Waals surface area contributed by atoms with Crippen LogP contribution < -0.4 is 4.74 Å². The molecule has 1 aliphatic rings. The van der Waals surface area contributed by atoms with Gasteiger partial charge in [-0.15, -0.1) is 0 Å². The second kappa shape index (κ2) is 6.88. The summed E-state index contributed by atoms with van der Waals surface area (Å²) in [4.78, 5) is 23.9. The molecule has 0 aliphatic carbocycles. The average molecular weight is 355 g/mol. The van der Waals surface area contributed by atoms with E-state index in [1.165, 1.54) is 12.1 Å². The Morgan fingerprint density at radius 3 is 2.42 bits per heavy atom. The van der Waals surface area contributed by atoms with Gasteiger partial charge in [-0.05, 0) is 17.0 Å². The molecule has 6 nitrogen and oxygen atoms in total. The quantitative estimate of drug-likeness (QED) is 0.340. The molecule has 2 aromatic rings. The monoisotopic (exact) mass is 355 g/mol. The number of nitrogens with zero attached hydrogens (tertiary/aromatic N) is 1. The predicted molar refractivity (Wildman–Crippen MR) is 96.9 cm³/mol. The van der Waals surface area contributed by atoms with Gasteiger partial charge < -0.3 is 9.47 Å². The number of nitro groups is 1. The minimum atomic E-state index is -0.558. The lowest BCUT2D eigenvalue weighted by atomic mass is 9.86. The molecule has 3 rings (SSSR count). The zero-order chi connectivity index (χ0) is 18.9. The standard InChI is InChI=1S/C20H21NO5/c1-20(2,3)14-9-7-13(8-10-14)19(22)18-16(21(23)24)5-4-6-17(18)26-12-15-11-25-15/h4-10,15H,11-12H2,1-3H3. The second-order valence-electron chi connectivity index (χ2n) is 7.33. The zero-order valence-corrected chi connectivity index (χ0v) is 15.0. The van der Waals surface area contributed by atoms with Crippen molar-refractivity contribution in [2.45, 2.75) is 32.3 Å². The third kappa shape index (κ3) is 3.91. The number of ether oxygens (including phenoxy) is 2. The Balaban J connectivity index is 1.97. The van der Waals surface area contributed by atoms with Crippen LogP contribution in [0.3, 0.4) is 0 Å². The van der Waals surface area contributed by atoms with Gasteiger partial charge in [0.05, 0.1) is 11.5 Å². The highest BCUT2D eigenvalue weighted by molar-refractivity contribution is 6.13. The van der Waals surface area contributed by atoms with E-state index in [4.69, 9.17) is 9.47 Å². The Labute approximate surface area is 151 Å². The summed E-state index contributed by atoms with van der Waals surface area (Å²) in [7, 11) is 0. The maximum absolute atomic E-state index is 13.0. The van der Waals surface area contributed by atoms with Gasteiger partial charge >= 0.3 is 0 Å². The van der Waals surface area contributed by atoms with Gasteiger partial charge in [0.15, 0.2) is 0 Å². The Bertz CT molecular complexity index is 832. The Morgan fingerprint density at radius 2 is 1.88 bits per heavy atom. The molecule has 1 aliphatic heterocycles. The predicted octanol–water partition coefficient (Wildman–Crippen LogP) is 3.90. The fourth-order valence-electron chi connectivity index (χ4n) is 2.63. The van der Waals surface area contributed by atoms with E-state index in [1.807, 2.05) is 12.1 Å². The summed E-state index contributed by atoms with van der Waals surface area (Å²) < 4.78 is 10.7. The summed E-state index contributed by atoms with van der Waals surface area (Å²) >= 11 is 0. The fourth-order valence-corrected chi connectivity index (χ4v) is 2.63. The number of carbonyl (C=O) groups excluding carboxylic acids is 1. The summed E-state index contributed by atoms with van der Waals surface area (Å²) in [5.41, 5.74) is 1.14. The van der Waals surface area contributed by atoms with Gasteiger partial charge in [-0.25, -0.2) is 0 Å². The minimum Gasteiger partial charge on any atom is -0.490 e. The lowest BCUT2D eigenvalue weighted by Crippen LogP contribution is -2.13. The fraction of sp³-hybridized carbons (Fsp3) is 0.350. The summed E-state index contributed by atoms with van der Waals surface area (Å²) in [5, 5.41) is 11.4. The highest BCUT2D eigenvalue weighted by Gasteiger charge is 2.29. The van der Waals surface area contributed by atoms with Crippen molar-refractivity contribution in [2.75, 3.05) is 13.2 Å². The van der Waals surface area contributed by atoms with Gasteiger partial charge in [0.25, 0.3) is 5.69 Å². The molecule has 0 bridgehead atoms. The number of benzene rings is 2. The van der Waals surface area contributed by atoms with Crippen molar-refractivity contribution < 1.29 is 19.2 Å². The van der Waals surface area contributed by atoms with Crippen LogP contribution in [0.15, 0.2) is 42.5 Å². The van der Waals surface area contributed by atoms with E-state index in [9.17, 15) is 14.9 Å². The molecule has 0 amide bonds. The maximum Gasteiger partial charge on any atom is 0.284 e. The van der Waals surface area contributed by atoms with Crippen molar-refractivity contribution in [3.8, 4) is 5.75 Å². The third-order valence-electron chi connectivity index (χ3n) is 4.27. The molecule has 0 spiro atoms. The molecule has 0 aromatic heterocycles. The Morgan fingerprint density at radius 1 is 1.23 bits per heavy atom. The van der Waals surface area contributed by atoms with Crippen LogP contribution in [0.5, 0.6) is 5.75 Å². The summed E-state index contributed by atoms with van der Waals surface area (Å²) in [5.74, 6) is -0.218. The number of rotatable bonds is 6. The van der Waals surface area contributed by atoms with E-state index < -0.39 is 10.7 Å². The van der Waals surface area contributed by atoms with E-state index >= 15 is 0 Å². The molecule has 0 N–H and O–H groups in total. The summed E-state index contributed by atoms with van der Waals surface area (Å²) in [6, 6.07) is 11.6. The van der Waals surface area contributed by atoms with Crippen molar-refractivity contribution >= 4 is 11.5 Å². The molecule has 136 valence electrons. The molecular weight excluding hydrogens is 334 g/mol. The van der Waals surface area contributed by atoms with E-state index in [2.05, 4.69) is 20.8 Å². The normalized spacial score (nSPS) is 16.2. The summed E-state index contributed by atoms with van der Waals surface area (Å²) in [6.45, 7) is 7.12. The van der Waals surface area contributed by atoms with Crippen molar-refractivity contribution in [1.82, 2.24) is 0 Å². The number of epoxide rings is 1. The summed E-state index contributed by atoms with van der Waals surface area (Å²) in [6.07, 6.45) is -0.0108. The minimum absolute atomic E-state index is 0.0108. The van der Waals surface area contributed by atoms with Gasteiger partial charge in [-0.1, -0.05) is 51.1 Å². The molecule has 1 atom stereocenters. The molecule has 1 saturated heterocycles. The van der Waals surface area contributed by atoms with Gasteiger partial charge in [-0.2, -0.15) is 0 Å². The Kier molecular flexibility index (Phi) is 4.78. The second-order valence-corrected chi connectivity index (χ2v) is 7.33. The van der Waals surface area contributed by atoms with E-state index in [0.29, 0.717) is 12.2 Å². The number of carbonyl (C=O) groups is 1. The largest absolute Gasteiger partial charge is 0.490 e. The molecule has 6 heteroatoms. The first-order valence-corrected chi connectivity index (χ1v) is 8.44. The average Bonchev–Trinajstić information content (AvgIpc) is 3.42. The van der Waals surface area contributed by atoms with Crippen LogP contribution in [0.4, 0.5) is 5.69 Å². The molecule has 26 heavy (non-hydrogen) atoms. The SMILES string of the molecule is CC(C)(C)c1ccc(C(=O)c2c(OCC3CO3)cccc2[N+](=O)[O-])cc1. The van der Waals surface area contributed by atoms with E-state index in [1.54, 1.807) is 18.2 Å². The van der Waals surface area contributed by atoms with Crippen LogP contribution in [0, 0.1) is 10.1 Å². The lowest BCUT2D eigenvalue weighted by Gasteiger charge is -2.19. The lowest BCUT2D eigenvalue weighted by molar-refractivity contribution is -0.385. The van der Waals surface area contributed by atoms with Crippen LogP contribution in [-0.4, -0.2) is 30.0 Å². The van der Waals surface area contributed by atoms with Gasteiger partial charge in [0.1, 0.15) is 24.0 Å². The van der Waals surface area contributed by atoms with Crippen molar-refractivity contribution in [1.29, 1.82) is 0 Å². The first-order valence-electron chi connectivity index (χ1n) is 8.44. The van der Waals surface area contributed by atoms with Crippen LogP contribution in [0.25, 0.3) is 0 Å². The molecular formula is C20H21NO5. The number of hydrogen-bond acceptors (Lipinski definition) is 5. The highest BCUT2D eigenvalue weighted by Crippen LogP contribution is 2.32. The molecule has 0 saturated carbocycles. The van der Waals surface area contributed by atoms with Gasteiger partial charge in [0.2, 0.25) is 5.78 Å².